The fourth-order valence-corrected chi connectivity index (χ4v) is 4.25. The van der Waals surface area contributed by atoms with Crippen LogP contribution in [0.25, 0.3) is 0 Å². The van der Waals surface area contributed by atoms with Crippen LogP contribution in [0.5, 0.6) is 11.6 Å². The molecule has 3 aromatic rings. The lowest BCUT2D eigenvalue weighted by Crippen LogP contribution is -2.66. The highest BCUT2D eigenvalue weighted by Crippen LogP contribution is 2.40. The fourth-order valence-electron chi connectivity index (χ4n) is 4.25. The lowest BCUT2D eigenvalue weighted by molar-refractivity contribution is -0.127. The quantitative estimate of drug-likeness (QED) is 0.618. The second-order valence-electron chi connectivity index (χ2n) is 9.18. The predicted molar refractivity (Wildman–Crippen MR) is 117 cm³/mol. The van der Waals surface area contributed by atoms with Gasteiger partial charge in [-0.2, -0.15) is 0 Å². The molecular formula is C25H27N3O2. The van der Waals surface area contributed by atoms with Crippen molar-refractivity contribution in [3.05, 3.63) is 77.6 Å². The van der Waals surface area contributed by atoms with E-state index in [1.807, 2.05) is 18.2 Å². The second-order valence-corrected chi connectivity index (χ2v) is 9.18. The minimum absolute atomic E-state index is 0.0764. The molecule has 1 spiro atoms. The van der Waals surface area contributed by atoms with Crippen molar-refractivity contribution in [1.29, 1.82) is 0 Å². The lowest BCUT2D eigenvalue weighted by atomic mass is 9.78. The smallest absolute Gasteiger partial charge is 0.224 e. The summed E-state index contributed by atoms with van der Waals surface area (Å²) in [7, 11) is 0. The van der Waals surface area contributed by atoms with E-state index in [0.29, 0.717) is 11.3 Å². The number of aromatic nitrogens is 2. The molecule has 2 aliphatic rings. The van der Waals surface area contributed by atoms with Gasteiger partial charge in [0.2, 0.25) is 5.88 Å². The summed E-state index contributed by atoms with van der Waals surface area (Å²) in [4.78, 5) is 10.9. The first-order valence-corrected chi connectivity index (χ1v) is 10.4. The Balaban J connectivity index is 1.28. The lowest BCUT2D eigenvalue weighted by Gasteiger charge is -2.55. The van der Waals surface area contributed by atoms with Crippen LogP contribution >= 0.6 is 0 Å². The third-order valence-corrected chi connectivity index (χ3v) is 6.39. The molecule has 5 rings (SSSR count). The van der Waals surface area contributed by atoms with Crippen molar-refractivity contribution in [1.82, 2.24) is 9.97 Å². The summed E-state index contributed by atoms with van der Waals surface area (Å²) in [6.45, 7) is 10.3. The molecule has 30 heavy (non-hydrogen) atoms. The van der Waals surface area contributed by atoms with E-state index in [4.69, 9.17) is 9.47 Å². The molecule has 2 aromatic carbocycles. The van der Waals surface area contributed by atoms with Gasteiger partial charge in [0.15, 0.2) is 0 Å². The van der Waals surface area contributed by atoms with Gasteiger partial charge in [-0.1, -0.05) is 55.8 Å². The van der Waals surface area contributed by atoms with Crippen molar-refractivity contribution in [2.24, 2.45) is 5.41 Å². The first-order valence-electron chi connectivity index (χ1n) is 10.4. The average molecular weight is 402 g/mol. The summed E-state index contributed by atoms with van der Waals surface area (Å²) in [5, 5.41) is 0. The predicted octanol–water partition coefficient (Wildman–Crippen LogP) is 4.74. The number of benzene rings is 2. The molecule has 0 bridgehead atoms. The number of ether oxygens (including phenoxy) is 2. The summed E-state index contributed by atoms with van der Waals surface area (Å²) >= 11 is 0. The highest BCUT2D eigenvalue weighted by molar-refractivity contribution is 5.47. The molecular weight excluding hydrogens is 374 g/mol. The first kappa shape index (κ1) is 19.1. The zero-order chi connectivity index (χ0) is 20.8. The molecule has 1 aromatic heterocycles. The molecule has 0 N–H and O–H groups in total. The summed E-state index contributed by atoms with van der Waals surface area (Å²) in [6.07, 6.45) is 1.57. The largest absolute Gasteiger partial charge is 0.439 e. The van der Waals surface area contributed by atoms with Crippen molar-refractivity contribution in [2.75, 3.05) is 31.2 Å². The molecule has 0 amide bonds. The van der Waals surface area contributed by atoms with Gasteiger partial charge in [0.1, 0.15) is 17.9 Å². The van der Waals surface area contributed by atoms with E-state index in [1.165, 1.54) is 16.7 Å². The number of nitrogens with zero attached hydrogens (tertiary/aromatic N) is 3. The maximum absolute atomic E-state index is 6.02. The normalized spacial score (nSPS) is 17.4. The van der Waals surface area contributed by atoms with E-state index in [-0.39, 0.29) is 5.41 Å². The van der Waals surface area contributed by atoms with Crippen molar-refractivity contribution in [3.8, 4) is 11.6 Å². The minimum atomic E-state index is -0.0764. The molecule has 3 heterocycles. The van der Waals surface area contributed by atoms with E-state index >= 15 is 0 Å². The van der Waals surface area contributed by atoms with Crippen LogP contribution in [-0.4, -0.2) is 36.3 Å². The Kier molecular flexibility index (Phi) is 4.51. The fraction of sp³-hybridized carbons (Fsp3) is 0.360. The second kappa shape index (κ2) is 7.10. The molecule has 0 saturated carbocycles. The Morgan fingerprint density at radius 1 is 0.933 bits per heavy atom. The molecule has 5 nitrogen and oxygen atoms in total. The monoisotopic (exact) mass is 401 g/mol. The average Bonchev–Trinajstić information content (AvgIpc) is 2.67. The van der Waals surface area contributed by atoms with E-state index < -0.39 is 0 Å². The van der Waals surface area contributed by atoms with Gasteiger partial charge in [0.05, 0.1) is 18.6 Å². The van der Waals surface area contributed by atoms with E-state index in [1.54, 1.807) is 6.33 Å². The summed E-state index contributed by atoms with van der Waals surface area (Å²) < 4.78 is 11.4. The van der Waals surface area contributed by atoms with Gasteiger partial charge in [-0.05, 0) is 30.2 Å². The maximum atomic E-state index is 6.02. The Hall–Kier alpha value is -2.92. The van der Waals surface area contributed by atoms with Gasteiger partial charge in [-0.3, -0.25) is 0 Å². The number of hydrogen-bond acceptors (Lipinski definition) is 5. The Morgan fingerprint density at radius 2 is 1.57 bits per heavy atom. The molecule has 0 radical (unpaired) electrons. The van der Waals surface area contributed by atoms with Crippen LogP contribution in [0.2, 0.25) is 0 Å². The summed E-state index contributed by atoms with van der Waals surface area (Å²) in [5.74, 6) is 2.25. The van der Waals surface area contributed by atoms with Crippen LogP contribution in [0, 0.1) is 12.3 Å². The molecule has 0 atom stereocenters. The molecule has 154 valence electrons. The number of rotatable bonds is 5. The molecule has 2 fully saturated rings. The van der Waals surface area contributed by atoms with Gasteiger partial charge in [-0.15, -0.1) is 0 Å². The molecule has 0 aliphatic carbocycles. The molecule has 2 aliphatic heterocycles. The van der Waals surface area contributed by atoms with E-state index in [0.717, 1.165) is 37.9 Å². The van der Waals surface area contributed by atoms with Crippen molar-refractivity contribution < 1.29 is 9.47 Å². The van der Waals surface area contributed by atoms with Crippen LogP contribution in [0.1, 0.15) is 30.5 Å². The summed E-state index contributed by atoms with van der Waals surface area (Å²) in [5.41, 5.74) is 4.10. The standard InChI is InChI=1S/C25H27N3O2/c1-18-4-6-19(7-5-18)24(2,3)20-8-10-21(11-9-20)30-23-12-22(26-17-27-23)28-13-25(14-28)15-29-16-25/h4-12,17H,13-16H2,1-3H3. The number of aryl methyl sites for hydroxylation is 1. The minimum Gasteiger partial charge on any atom is -0.439 e. The highest BCUT2D eigenvalue weighted by Gasteiger charge is 2.49. The maximum Gasteiger partial charge on any atom is 0.224 e. The van der Waals surface area contributed by atoms with Crippen LogP contribution in [0.15, 0.2) is 60.9 Å². The van der Waals surface area contributed by atoms with Crippen LogP contribution in [0.3, 0.4) is 0 Å². The van der Waals surface area contributed by atoms with E-state index in [2.05, 4.69) is 72.0 Å². The third-order valence-electron chi connectivity index (χ3n) is 6.39. The molecule has 0 unspecified atom stereocenters. The topological polar surface area (TPSA) is 47.5 Å². The van der Waals surface area contributed by atoms with Crippen molar-refractivity contribution >= 4 is 5.82 Å². The van der Waals surface area contributed by atoms with E-state index in [9.17, 15) is 0 Å². The van der Waals surface area contributed by atoms with Gasteiger partial charge in [-0.25, -0.2) is 9.97 Å². The summed E-state index contributed by atoms with van der Waals surface area (Å²) in [6, 6.07) is 18.9. The Bertz CT molecular complexity index is 1030. The van der Waals surface area contributed by atoms with Gasteiger partial charge in [0.25, 0.3) is 0 Å². The van der Waals surface area contributed by atoms with Crippen molar-refractivity contribution in [2.45, 2.75) is 26.2 Å². The van der Waals surface area contributed by atoms with Crippen molar-refractivity contribution in [3.63, 3.8) is 0 Å². The first-order chi connectivity index (χ1) is 14.4. The molecule has 2 saturated heterocycles. The number of anilines is 1. The zero-order valence-corrected chi connectivity index (χ0v) is 17.8. The van der Waals surface area contributed by atoms with Gasteiger partial charge in [0, 0.05) is 24.6 Å². The van der Waals surface area contributed by atoms with Gasteiger partial charge < -0.3 is 14.4 Å². The number of hydrogen-bond donors (Lipinski definition) is 0. The highest BCUT2D eigenvalue weighted by atomic mass is 16.5. The third kappa shape index (κ3) is 3.43. The Morgan fingerprint density at radius 3 is 2.17 bits per heavy atom. The zero-order valence-electron chi connectivity index (χ0n) is 17.8. The SMILES string of the molecule is Cc1ccc(C(C)(C)c2ccc(Oc3cc(N4CC5(COC5)C4)ncn3)cc2)cc1. The van der Waals surface area contributed by atoms with Gasteiger partial charge >= 0.3 is 0 Å². The molecule has 5 heteroatoms. The van der Waals surface area contributed by atoms with Crippen LogP contribution in [-0.2, 0) is 10.2 Å². The Labute approximate surface area is 177 Å². The van der Waals surface area contributed by atoms with Crippen LogP contribution in [0.4, 0.5) is 5.82 Å². The van der Waals surface area contributed by atoms with Crippen LogP contribution < -0.4 is 9.64 Å².